The number of ether oxygens (including phenoxy) is 2. The van der Waals surface area contributed by atoms with Gasteiger partial charge in [-0.05, 0) is 6.42 Å². The van der Waals surface area contributed by atoms with Gasteiger partial charge in [-0.1, -0.05) is 11.8 Å². The van der Waals surface area contributed by atoms with Gasteiger partial charge in [-0.2, -0.15) is 0 Å². The Balaban J connectivity index is 0. The Morgan fingerprint density at radius 3 is 1.72 bits per heavy atom. The second-order valence-electron chi connectivity index (χ2n) is 4.36. The molecule has 6 N–H and O–H groups in total. The van der Waals surface area contributed by atoms with Gasteiger partial charge in [0, 0.05) is 6.42 Å². The van der Waals surface area contributed by atoms with Gasteiger partial charge in [0.1, 0.15) is 12.1 Å². The zero-order valence-electron chi connectivity index (χ0n) is 13.3. The molecule has 0 fully saturated rings. The first-order valence-electron chi connectivity index (χ1n) is 6.80. The van der Waals surface area contributed by atoms with E-state index in [1.165, 1.54) is 0 Å². The van der Waals surface area contributed by atoms with Crippen molar-refractivity contribution >= 4 is 23.9 Å². The Labute approximate surface area is 144 Å². The van der Waals surface area contributed by atoms with Gasteiger partial charge in [-0.3, -0.25) is 19.2 Å². The third-order valence-corrected chi connectivity index (χ3v) is 2.31. The van der Waals surface area contributed by atoms with E-state index in [0.717, 1.165) is 0 Å². The Bertz CT molecular complexity index is 547. The molecule has 25 heavy (non-hydrogen) atoms. The number of terminal acetylenes is 2. The number of carboxylic acid groups (broad SMARTS) is 2. The van der Waals surface area contributed by atoms with Gasteiger partial charge in [0.2, 0.25) is 0 Å². The van der Waals surface area contributed by atoms with Crippen molar-refractivity contribution < 1.29 is 38.9 Å². The number of carbonyl (C=O) groups is 4. The molecule has 0 aliphatic carbocycles. The van der Waals surface area contributed by atoms with Crippen LogP contribution < -0.4 is 11.5 Å². The lowest BCUT2D eigenvalue weighted by Gasteiger charge is -2.04. The van der Waals surface area contributed by atoms with Gasteiger partial charge in [0.15, 0.2) is 13.2 Å². The van der Waals surface area contributed by atoms with Crippen molar-refractivity contribution in [2.75, 3.05) is 13.2 Å². The zero-order valence-corrected chi connectivity index (χ0v) is 13.3. The first-order chi connectivity index (χ1) is 11.6. The topological polar surface area (TPSA) is 179 Å². The summed E-state index contributed by atoms with van der Waals surface area (Å²) in [6.45, 7) is -0.258. The smallest absolute Gasteiger partial charge is 0.321 e. The van der Waals surface area contributed by atoms with Gasteiger partial charge in [0.05, 0.1) is 6.42 Å². The fourth-order valence-electron chi connectivity index (χ4n) is 1.04. The number of rotatable bonds is 9. The van der Waals surface area contributed by atoms with Crippen LogP contribution >= 0.6 is 0 Å². The van der Waals surface area contributed by atoms with E-state index in [1.54, 1.807) is 0 Å². The molecule has 10 nitrogen and oxygen atoms in total. The number of nitrogens with two attached hydrogens (primary N) is 2. The molecule has 2 unspecified atom stereocenters. The van der Waals surface area contributed by atoms with Crippen molar-refractivity contribution in [1.29, 1.82) is 0 Å². The normalized spacial score (nSPS) is 11.4. The van der Waals surface area contributed by atoms with E-state index >= 15 is 0 Å². The van der Waals surface area contributed by atoms with E-state index < -0.39 is 36.0 Å². The summed E-state index contributed by atoms with van der Waals surface area (Å²) in [6, 6.07) is -2.26. The number of carbonyl (C=O) groups excluding carboxylic acids is 2. The van der Waals surface area contributed by atoms with Crippen LogP contribution in [0.15, 0.2) is 0 Å². The monoisotopic (exact) mass is 356 g/mol. The Hall–Kier alpha value is -3.08. The average Bonchev–Trinajstić information content (AvgIpc) is 2.56. The lowest BCUT2D eigenvalue weighted by molar-refractivity contribution is -0.147. The van der Waals surface area contributed by atoms with E-state index in [4.69, 9.17) is 34.5 Å². The minimum absolute atomic E-state index is 0.0326. The lowest BCUT2D eigenvalue weighted by Crippen LogP contribution is -2.33. The fourth-order valence-corrected chi connectivity index (χ4v) is 1.04. The Kier molecular flexibility index (Phi) is 14.0. The SMILES string of the molecule is C#CCOC(=O)CC(N)C(=O)O.C#CCOC(=O)CCC(N)C(=O)O. The predicted octanol–water partition coefficient (Wildman–Crippen LogP) is -1.68. The summed E-state index contributed by atoms with van der Waals surface area (Å²) in [7, 11) is 0. The quantitative estimate of drug-likeness (QED) is 0.275. The molecule has 0 aliphatic rings. The molecule has 2 atom stereocenters. The largest absolute Gasteiger partial charge is 0.480 e. The average molecular weight is 356 g/mol. The maximum Gasteiger partial charge on any atom is 0.321 e. The molecule has 0 aromatic rings. The fraction of sp³-hybridized carbons (Fsp3) is 0.467. The van der Waals surface area contributed by atoms with Crippen LogP contribution in [0.3, 0.4) is 0 Å². The molecule has 0 aliphatic heterocycles. The lowest BCUT2D eigenvalue weighted by atomic mass is 10.2. The molecule has 0 saturated heterocycles. The first kappa shape index (κ1) is 24.2. The maximum atomic E-state index is 10.8. The number of esters is 2. The van der Waals surface area contributed by atoms with Gasteiger partial charge < -0.3 is 31.2 Å². The second kappa shape index (κ2) is 14.5. The molecule has 0 bridgehead atoms. The van der Waals surface area contributed by atoms with Crippen molar-refractivity contribution in [2.45, 2.75) is 31.3 Å². The van der Waals surface area contributed by atoms with Gasteiger partial charge >= 0.3 is 23.9 Å². The number of hydrogen-bond acceptors (Lipinski definition) is 8. The number of carboxylic acids is 2. The summed E-state index contributed by atoms with van der Waals surface area (Å²) in [6.07, 6.45) is 9.29. The highest BCUT2D eigenvalue weighted by Crippen LogP contribution is 1.96. The zero-order chi connectivity index (χ0) is 19.8. The molecular weight excluding hydrogens is 336 g/mol. The van der Waals surface area contributed by atoms with E-state index in [-0.39, 0.29) is 32.5 Å². The summed E-state index contributed by atoms with van der Waals surface area (Å²) in [5.41, 5.74) is 10.2. The highest BCUT2D eigenvalue weighted by molar-refractivity contribution is 5.81. The van der Waals surface area contributed by atoms with Gasteiger partial charge in [-0.15, -0.1) is 12.8 Å². The van der Waals surface area contributed by atoms with Crippen LogP contribution in [0.25, 0.3) is 0 Å². The summed E-state index contributed by atoms with van der Waals surface area (Å²) in [5, 5.41) is 16.6. The summed E-state index contributed by atoms with van der Waals surface area (Å²) >= 11 is 0. The molecule has 10 heteroatoms. The molecule has 0 saturated carbocycles. The van der Waals surface area contributed by atoms with Gasteiger partial charge in [0.25, 0.3) is 0 Å². The highest BCUT2D eigenvalue weighted by atomic mass is 16.5. The predicted molar refractivity (Wildman–Crippen MR) is 84.7 cm³/mol. The number of hydrogen-bond donors (Lipinski definition) is 4. The van der Waals surface area contributed by atoms with E-state index in [2.05, 4.69) is 21.3 Å². The number of aliphatic carboxylic acids is 2. The Morgan fingerprint density at radius 1 is 0.880 bits per heavy atom. The molecule has 0 radical (unpaired) electrons. The van der Waals surface area contributed by atoms with Crippen LogP contribution in [0.2, 0.25) is 0 Å². The first-order valence-corrected chi connectivity index (χ1v) is 6.80. The van der Waals surface area contributed by atoms with Crippen LogP contribution in [-0.4, -0.2) is 59.4 Å². The van der Waals surface area contributed by atoms with Gasteiger partial charge in [-0.25, -0.2) is 0 Å². The molecule has 0 spiro atoms. The van der Waals surface area contributed by atoms with E-state index in [0.29, 0.717) is 0 Å². The van der Waals surface area contributed by atoms with Crippen LogP contribution in [0.5, 0.6) is 0 Å². The van der Waals surface area contributed by atoms with E-state index in [9.17, 15) is 19.2 Å². The summed E-state index contributed by atoms with van der Waals surface area (Å²) in [5.74, 6) is 0.572. The maximum absolute atomic E-state index is 10.8. The second-order valence-corrected chi connectivity index (χ2v) is 4.36. The summed E-state index contributed by atoms with van der Waals surface area (Å²) < 4.78 is 8.89. The van der Waals surface area contributed by atoms with Crippen molar-refractivity contribution in [1.82, 2.24) is 0 Å². The van der Waals surface area contributed by atoms with Crippen LogP contribution in [0.1, 0.15) is 19.3 Å². The van der Waals surface area contributed by atoms with Crippen LogP contribution in [0, 0.1) is 24.7 Å². The molecule has 0 heterocycles. The standard InChI is InChI=1S/C8H11NO4.C7H9NO4/c1-2-5-13-7(10)4-3-6(9)8(11)12;1-2-3-12-6(9)4-5(8)7(10)11/h1,6H,3-5,9H2,(H,11,12);1,5H,3-4,8H2,(H,10,11). The van der Waals surface area contributed by atoms with E-state index in [1.807, 2.05) is 0 Å². The van der Waals surface area contributed by atoms with Crippen molar-refractivity contribution in [2.24, 2.45) is 11.5 Å². The third-order valence-electron chi connectivity index (χ3n) is 2.31. The minimum atomic E-state index is -1.24. The van der Waals surface area contributed by atoms with Crippen molar-refractivity contribution in [3.05, 3.63) is 0 Å². The highest BCUT2D eigenvalue weighted by Gasteiger charge is 2.16. The van der Waals surface area contributed by atoms with Crippen molar-refractivity contribution in [3.63, 3.8) is 0 Å². The minimum Gasteiger partial charge on any atom is -0.480 e. The molecule has 0 amide bonds. The Morgan fingerprint density at radius 2 is 1.32 bits per heavy atom. The van der Waals surface area contributed by atoms with Crippen LogP contribution in [0.4, 0.5) is 0 Å². The summed E-state index contributed by atoms with van der Waals surface area (Å²) in [4.78, 5) is 41.8. The van der Waals surface area contributed by atoms with Crippen LogP contribution in [-0.2, 0) is 28.7 Å². The molecule has 0 aromatic heterocycles. The molecule has 138 valence electrons. The third kappa shape index (κ3) is 15.6. The molecule has 0 rings (SSSR count). The molecule has 0 aromatic carbocycles. The molecular formula is C15H20N2O8. The van der Waals surface area contributed by atoms with Crippen molar-refractivity contribution in [3.8, 4) is 24.7 Å².